The van der Waals surface area contributed by atoms with Crippen LogP contribution in [0.5, 0.6) is 0 Å². The molecule has 0 amide bonds. The molecule has 2 aromatic heterocycles. The van der Waals surface area contributed by atoms with Crippen LogP contribution in [0.3, 0.4) is 0 Å². The van der Waals surface area contributed by atoms with Crippen LogP contribution in [0.15, 0.2) is 64.5 Å². The minimum absolute atomic E-state index is 0.137. The summed E-state index contributed by atoms with van der Waals surface area (Å²) < 4.78 is 27.5. The first-order valence-corrected chi connectivity index (χ1v) is 9.67. The molecule has 0 aliphatic rings. The summed E-state index contributed by atoms with van der Waals surface area (Å²) in [5.41, 5.74) is 0.943. The van der Waals surface area contributed by atoms with Crippen LogP contribution in [-0.2, 0) is 9.84 Å². The highest BCUT2D eigenvalue weighted by molar-refractivity contribution is 7.91. The van der Waals surface area contributed by atoms with E-state index in [2.05, 4.69) is 20.6 Å². The number of hydrogen-bond donors (Lipinski definition) is 1. The Balaban J connectivity index is 2.03. The second kappa shape index (κ2) is 6.06. The van der Waals surface area contributed by atoms with Gasteiger partial charge in [0.05, 0.1) is 10.4 Å². The van der Waals surface area contributed by atoms with Crippen molar-refractivity contribution in [2.45, 2.75) is 29.8 Å². The molecule has 0 aliphatic heterocycles. The van der Waals surface area contributed by atoms with Crippen LogP contribution in [0.4, 0.5) is 5.82 Å². The van der Waals surface area contributed by atoms with Crippen molar-refractivity contribution in [3.63, 3.8) is 0 Å². The number of rotatable bonds is 4. The van der Waals surface area contributed by atoms with Gasteiger partial charge in [-0.3, -0.25) is 0 Å². The highest BCUT2D eigenvalue weighted by atomic mass is 32.2. The Bertz CT molecular complexity index is 1200. The van der Waals surface area contributed by atoms with E-state index < -0.39 is 9.84 Å². The third kappa shape index (κ3) is 2.59. The SMILES string of the molecule is CC(C)Nc1nc2c(S(=O)(=O)c3ccccc3)nnn2c2ccccc12. The monoisotopic (exact) mass is 367 g/mol. The van der Waals surface area contributed by atoms with Gasteiger partial charge in [-0.05, 0) is 38.1 Å². The van der Waals surface area contributed by atoms with Crippen LogP contribution < -0.4 is 5.32 Å². The number of sulfone groups is 1. The minimum Gasteiger partial charge on any atom is -0.367 e. The smallest absolute Gasteiger partial charge is 0.229 e. The van der Waals surface area contributed by atoms with Crippen LogP contribution in [0.1, 0.15) is 13.8 Å². The zero-order valence-corrected chi connectivity index (χ0v) is 15.1. The average molecular weight is 367 g/mol. The molecule has 2 heterocycles. The molecule has 26 heavy (non-hydrogen) atoms. The maximum atomic E-state index is 13.0. The van der Waals surface area contributed by atoms with Gasteiger partial charge in [-0.15, -0.1) is 5.10 Å². The van der Waals surface area contributed by atoms with Gasteiger partial charge < -0.3 is 5.32 Å². The first-order chi connectivity index (χ1) is 12.5. The third-order valence-electron chi connectivity index (χ3n) is 3.96. The Hall–Kier alpha value is -3.00. The number of hydrogen-bond acceptors (Lipinski definition) is 6. The van der Waals surface area contributed by atoms with E-state index in [1.165, 1.54) is 16.6 Å². The molecule has 0 saturated heterocycles. The standard InChI is InChI=1S/C18H17N5O2S/c1-12(2)19-16-14-10-6-7-11-15(14)23-17(20-16)18(21-22-23)26(24,25)13-8-4-3-5-9-13/h3-12H,1-2H3,(H,19,20). The Morgan fingerprint density at radius 3 is 2.42 bits per heavy atom. The Kier molecular flexibility index (Phi) is 3.84. The summed E-state index contributed by atoms with van der Waals surface area (Å²) in [4.78, 5) is 4.71. The Labute approximate surface area is 150 Å². The number of nitrogens with one attached hydrogen (secondary N) is 1. The molecule has 132 valence electrons. The van der Waals surface area contributed by atoms with E-state index in [1.807, 2.05) is 38.1 Å². The normalized spacial score (nSPS) is 12.1. The van der Waals surface area contributed by atoms with Crippen LogP contribution in [-0.4, -0.2) is 34.3 Å². The summed E-state index contributed by atoms with van der Waals surface area (Å²) in [6.45, 7) is 3.99. The van der Waals surface area contributed by atoms with Crippen LogP contribution in [0, 0.1) is 0 Å². The fraction of sp³-hybridized carbons (Fsp3) is 0.167. The van der Waals surface area contributed by atoms with Gasteiger partial charge in [-0.1, -0.05) is 35.5 Å². The summed E-state index contributed by atoms with van der Waals surface area (Å²) in [5.74, 6) is 0.606. The van der Waals surface area contributed by atoms with E-state index in [4.69, 9.17) is 0 Å². The molecule has 0 bridgehead atoms. The predicted molar refractivity (Wildman–Crippen MR) is 98.9 cm³/mol. The van der Waals surface area contributed by atoms with Gasteiger partial charge in [0.1, 0.15) is 5.82 Å². The van der Waals surface area contributed by atoms with Crippen molar-refractivity contribution < 1.29 is 8.42 Å². The number of anilines is 1. The molecular formula is C18H17N5O2S. The van der Waals surface area contributed by atoms with Gasteiger partial charge >= 0.3 is 0 Å². The van der Waals surface area contributed by atoms with Gasteiger partial charge in [0, 0.05) is 11.4 Å². The van der Waals surface area contributed by atoms with Crippen molar-refractivity contribution in [3.8, 4) is 0 Å². The van der Waals surface area contributed by atoms with Crippen molar-refractivity contribution in [3.05, 3.63) is 54.6 Å². The van der Waals surface area contributed by atoms with Gasteiger partial charge in [0.2, 0.25) is 14.9 Å². The Morgan fingerprint density at radius 2 is 1.69 bits per heavy atom. The quantitative estimate of drug-likeness (QED) is 0.596. The van der Waals surface area contributed by atoms with E-state index in [1.54, 1.807) is 18.2 Å². The zero-order valence-electron chi connectivity index (χ0n) is 14.3. The maximum Gasteiger partial charge on any atom is 0.229 e. The molecule has 0 aliphatic carbocycles. The minimum atomic E-state index is -3.82. The van der Waals surface area contributed by atoms with Crippen molar-refractivity contribution in [2.75, 3.05) is 5.32 Å². The average Bonchev–Trinajstić information content (AvgIpc) is 3.07. The second-order valence-corrected chi connectivity index (χ2v) is 8.09. The molecular weight excluding hydrogens is 350 g/mol. The summed E-state index contributed by atoms with van der Waals surface area (Å²) in [6.07, 6.45) is 0. The lowest BCUT2D eigenvalue weighted by Gasteiger charge is -2.12. The van der Waals surface area contributed by atoms with E-state index in [9.17, 15) is 8.42 Å². The van der Waals surface area contributed by atoms with Crippen LogP contribution in [0.2, 0.25) is 0 Å². The molecule has 0 fully saturated rings. The zero-order chi connectivity index (χ0) is 18.3. The lowest BCUT2D eigenvalue weighted by Crippen LogP contribution is -2.13. The third-order valence-corrected chi connectivity index (χ3v) is 5.62. The fourth-order valence-corrected chi connectivity index (χ4v) is 4.07. The van der Waals surface area contributed by atoms with Gasteiger partial charge in [-0.2, -0.15) is 4.52 Å². The highest BCUT2D eigenvalue weighted by Crippen LogP contribution is 2.28. The molecule has 0 atom stereocenters. The van der Waals surface area contributed by atoms with Crippen molar-refractivity contribution in [2.24, 2.45) is 0 Å². The Morgan fingerprint density at radius 1 is 1.00 bits per heavy atom. The summed E-state index contributed by atoms with van der Waals surface area (Å²) in [5, 5.41) is 12.0. The molecule has 1 N–H and O–H groups in total. The first kappa shape index (κ1) is 16.5. The van der Waals surface area contributed by atoms with E-state index >= 15 is 0 Å². The number of aromatic nitrogens is 4. The summed E-state index contributed by atoms with van der Waals surface area (Å²) in [6, 6.07) is 15.9. The maximum absolute atomic E-state index is 13.0. The lowest BCUT2D eigenvalue weighted by molar-refractivity contribution is 0.592. The number of benzene rings is 2. The molecule has 4 rings (SSSR count). The summed E-state index contributed by atoms with van der Waals surface area (Å²) >= 11 is 0. The lowest BCUT2D eigenvalue weighted by atomic mass is 10.2. The molecule has 0 saturated carbocycles. The number of para-hydroxylation sites is 1. The molecule has 7 nitrogen and oxygen atoms in total. The van der Waals surface area contributed by atoms with Crippen LogP contribution >= 0.6 is 0 Å². The number of nitrogens with zero attached hydrogens (tertiary/aromatic N) is 4. The second-order valence-electron chi connectivity index (χ2n) is 6.22. The predicted octanol–water partition coefficient (Wildman–Crippen LogP) is 2.93. The topological polar surface area (TPSA) is 89.2 Å². The molecule has 0 radical (unpaired) electrons. The van der Waals surface area contributed by atoms with Crippen molar-refractivity contribution in [1.82, 2.24) is 19.8 Å². The molecule has 4 aromatic rings. The number of fused-ring (bicyclic) bond motifs is 3. The van der Waals surface area contributed by atoms with Gasteiger partial charge in [-0.25, -0.2) is 13.4 Å². The van der Waals surface area contributed by atoms with E-state index in [0.29, 0.717) is 5.82 Å². The fourth-order valence-electron chi connectivity index (χ4n) is 2.81. The summed E-state index contributed by atoms with van der Waals surface area (Å²) in [7, 11) is -3.82. The largest absolute Gasteiger partial charge is 0.367 e. The van der Waals surface area contributed by atoms with E-state index in [-0.39, 0.29) is 21.6 Å². The molecule has 2 aromatic carbocycles. The van der Waals surface area contributed by atoms with Gasteiger partial charge in [0.15, 0.2) is 5.65 Å². The molecule has 0 spiro atoms. The molecule has 0 unspecified atom stereocenters. The van der Waals surface area contributed by atoms with Crippen LogP contribution in [0.25, 0.3) is 16.6 Å². The van der Waals surface area contributed by atoms with Crippen molar-refractivity contribution >= 4 is 32.2 Å². The first-order valence-electron chi connectivity index (χ1n) is 8.19. The highest BCUT2D eigenvalue weighted by Gasteiger charge is 2.26. The molecule has 8 heteroatoms. The van der Waals surface area contributed by atoms with E-state index in [0.717, 1.165) is 10.9 Å². The van der Waals surface area contributed by atoms with Crippen molar-refractivity contribution in [1.29, 1.82) is 0 Å². The van der Waals surface area contributed by atoms with Gasteiger partial charge in [0.25, 0.3) is 0 Å².